The molecular formula is C18H19NO. The van der Waals surface area contributed by atoms with Crippen LogP contribution in [0, 0.1) is 0 Å². The topological polar surface area (TPSA) is 12.5 Å². The zero-order valence-electron chi connectivity index (χ0n) is 11.6. The molecule has 2 nitrogen and oxygen atoms in total. The fourth-order valence-electron chi connectivity index (χ4n) is 2.61. The lowest BCUT2D eigenvalue weighted by Crippen LogP contribution is -2.36. The summed E-state index contributed by atoms with van der Waals surface area (Å²) < 4.78 is 5.39. The van der Waals surface area contributed by atoms with Gasteiger partial charge in [-0.25, -0.2) is 0 Å². The molecule has 1 aliphatic rings. The first-order valence-corrected chi connectivity index (χ1v) is 7.03. The minimum absolute atomic E-state index is 0.820. The molecule has 1 fully saturated rings. The van der Waals surface area contributed by atoms with Crippen LogP contribution in [-0.4, -0.2) is 26.3 Å². The Labute approximate surface area is 120 Å². The van der Waals surface area contributed by atoms with E-state index in [1.807, 2.05) is 12.1 Å². The SMILES string of the molecule is C=Cc1ccccc1-c1ccc(N2CCOCC2)cc1. The number of nitrogens with zero attached hydrogens (tertiary/aromatic N) is 1. The van der Waals surface area contributed by atoms with Gasteiger partial charge < -0.3 is 9.64 Å². The van der Waals surface area contributed by atoms with Crippen molar-refractivity contribution in [1.29, 1.82) is 0 Å². The summed E-state index contributed by atoms with van der Waals surface area (Å²) in [6, 6.07) is 17.1. The van der Waals surface area contributed by atoms with Gasteiger partial charge in [-0.05, 0) is 28.8 Å². The Balaban J connectivity index is 1.87. The molecule has 0 saturated carbocycles. The molecule has 102 valence electrons. The van der Waals surface area contributed by atoms with Gasteiger partial charge >= 0.3 is 0 Å². The molecule has 0 spiro atoms. The minimum Gasteiger partial charge on any atom is -0.378 e. The summed E-state index contributed by atoms with van der Waals surface area (Å²) in [6.45, 7) is 7.48. The average Bonchev–Trinajstić information content (AvgIpc) is 2.56. The lowest BCUT2D eigenvalue weighted by Gasteiger charge is -2.29. The smallest absolute Gasteiger partial charge is 0.0642 e. The van der Waals surface area contributed by atoms with Crippen LogP contribution in [-0.2, 0) is 4.74 Å². The van der Waals surface area contributed by atoms with Gasteiger partial charge in [0.25, 0.3) is 0 Å². The Bertz CT molecular complexity index is 583. The van der Waals surface area contributed by atoms with Crippen LogP contribution in [0.3, 0.4) is 0 Å². The van der Waals surface area contributed by atoms with Gasteiger partial charge in [-0.1, -0.05) is 49.1 Å². The van der Waals surface area contributed by atoms with E-state index in [4.69, 9.17) is 4.74 Å². The van der Waals surface area contributed by atoms with Crippen LogP contribution in [0.2, 0.25) is 0 Å². The Hall–Kier alpha value is -2.06. The second kappa shape index (κ2) is 5.93. The van der Waals surface area contributed by atoms with Gasteiger partial charge in [-0.15, -0.1) is 0 Å². The number of ether oxygens (including phenoxy) is 1. The van der Waals surface area contributed by atoms with Gasteiger partial charge in [0.1, 0.15) is 0 Å². The van der Waals surface area contributed by atoms with Crippen molar-refractivity contribution in [2.45, 2.75) is 0 Å². The zero-order chi connectivity index (χ0) is 13.8. The molecule has 0 unspecified atom stereocenters. The number of hydrogen-bond acceptors (Lipinski definition) is 2. The van der Waals surface area contributed by atoms with E-state index in [1.54, 1.807) is 0 Å². The van der Waals surface area contributed by atoms with E-state index < -0.39 is 0 Å². The van der Waals surface area contributed by atoms with Crippen molar-refractivity contribution in [2.24, 2.45) is 0 Å². The Morgan fingerprint density at radius 1 is 0.950 bits per heavy atom. The average molecular weight is 265 g/mol. The third-order valence-corrected chi connectivity index (χ3v) is 3.74. The lowest BCUT2D eigenvalue weighted by atomic mass is 9.99. The molecule has 1 heterocycles. The Kier molecular flexibility index (Phi) is 3.84. The monoisotopic (exact) mass is 265 g/mol. The van der Waals surface area contributed by atoms with Crippen LogP contribution in [0.4, 0.5) is 5.69 Å². The first-order chi connectivity index (χ1) is 9.88. The number of anilines is 1. The van der Waals surface area contributed by atoms with Gasteiger partial charge in [0, 0.05) is 18.8 Å². The molecule has 2 aromatic rings. The van der Waals surface area contributed by atoms with E-state index in [0.29, 0.717) is 0 Å². The van der Waals surface area contributed by atoms with E-state index in [0.717, 1.165) is 26.3 Å². The standard InChI is InChI=1S/C18H19NO/c1-2-15-5-3-4-6-18(15)16-7-9-17(10-8-16)19-11-13-20-14-12-19/h2-10H,1,11-14H2. The molecule has 0 atom stereocenters. The fraction of sp³-hybridized carbons (Fsp3) is 0.222. The molecule has 3 rings (SSSR count). The number of hydrogen-bond donors (Lipinski definition) is 0. The summed E-state index contributed by atoms with van der Waals surface area (Å²) in [5, 5.41) is 0. The van der Waals surface area contributed by atoms with E-state index in [9.17, 15) is 0 Å². The van der Waals surface area contributed by atoms with Gasteiger partial charge in [-0.3, -0.25) is 0 Å². The molecule has 1 saturated heterocycles. The summed E-state index contributed by atoms with van der Waals surface area (Å²) in [5.41, 5.74) is 4.91. The summed E-state index contributed by atoms with van der Waals surface area (Å²) in [4.78, 5) is 2.37. The third kappa shape index (κ3) is 2.61. The molecule has 20 heavy (non-hydrogen) atoms. The van der Waals surface area contributed by atoms with Crippen molar-refractivity contribution in [3.05, 3.63) is 60.7 Å². The predicted octanol–water partition coefficient (Wildman–Crippen LogP) is 3.83. The van der Waals surface area contributed by atoms with Gasteiger partial charge in [0.15, 0.2) is 0 Å². The summed E-state index contributed by atoms with van der Waals surface area (Å²) in [6.07, 6.45) is 1.91. The van der Waals surface area contributed by atoms with Crippen LogP contribution in [0.15, 0.2) is 55.1 Å². The zero-order valence-corrected chi connectivity index (χ0v) is 11.6. The van der Waals surface area contributed by atoms with Crippen LogP contribution in [0.5, 0.6) is 0 Å². The first-order valence-electron chi connectivity index (χ1n) is 7.03. The lowest BCUT2D eigenvalue weighted by molar-refractivity contribution is 0.122. The number of rotatable bonds is 3. The van der Waals surface area contributed by atoms with E-state index in [1.165, 1.54) is 22.4 Å². The van der Waals surface area contributed by atoms with Gasteiger partial charge in [0.05, 0.1) is 13.2 Å². The normalized spacial score (nSPS) is 15.1. The second-order valence-electron chi connectivity index (χ2n) is 4.94. The van der Waals surface area contributed by atoms with Crippen LogP contribution < -0.4 is 4.90 Å². The van der Waals surface area contributed by atoms with Crippen molar-refractivity contribution in [2.75, 3.05) is 31.2 Å². The van der Waals surface area contributed by atoms with Gasteiger partial charge in [0.2, 0.25) is 0 Å². The largest absolute Gasteiger partial charge is 0.378 e. The molecule has 0 radical (unpaired) electrons. The molecule has 0 N–H and O–H groups in total. The van der Waals surface area contributed by atoms with E-state index in [-0.39, 0.29) is 0 Å². The van der Waals surface area contributed by atoms with Crippen LogP contribution in [0.25, 0.3) is 17.2 Å². The van der Waals surface area contributed by atoms with Gasteiger partial charge in [-0.2, -0.15) is 0 Å². The van der Waals surface area contributed by atoms with Crippen molar-refractivity contribution in [3.63, 3.8) is 0 Å². The predicted molar refractivity (Wildman–Crippen MR) is 85.0 cm³/mol. The van der Waals surface area contributed by atoms with Crippen molar-refractivity contribution in [3.8, 4) is 11.1 Å². The fourth-order valence-corrected chi connectivity index (χ4v) is 2.61. The maximum absolute atomic E-state index is 5.39. The second-order valence-corrected chi connectivity index (χ2v) is 4.94. The van der Waals surface area contributed by atoms with Crippen LogP contribution >= 0.6 is 0 Å². The summed E-state index contributed by atoms with van der Waals surface area (Å²) >= 11 is 0. The number of benzene rings is 2. The Morgan fingerprint density at radius 3 is 2.35 bits per heavy atom. The minimum atomic E-state index is 0.820. The molecule has 0 aliphatic carbocycles. The molecule has 0 aromatic heterocycles. The molecule has 0 amide bonds. The van der Waals surface area contributed by atoms with Crippen molar-refractivity contribution < 1.29 is 4.74 Å². The quantitative estimate of drug-likeness (QED) is 0.836. The van der Waals surface area contributed by atoms with Crippen LogP contribution in [0.1, 0.15) is 5.56 Å². The molecular weight excluding hydrogens is 246 g/mol. The summed E-state index contributed by atoms with van der Waals surface area (Å²) in [7, 11) is 0. The van der Waals surface area contributed by atoms with Crippen molar-refractivity contribution in [1.82, 2.24) is 0 Å². The highest BCUT2D eigenvalue weighted by atomic mass is 16.5. The van der Waals surface area contributed by atoms with E-state index >= 15 is 0 Å². The number of morpholine rings is 1. The molecule has 0 bridgehead atoms. The van der Waals surface area contributed by atoms with E-state index in [2.05, 4.69) is 53.9 Å². The summed E-state index contributed by atoms with van der Waals surface area (Å²) in [5.74, 6) is 0. The maximum atomic E-state index is 5.39. The first kappa shape index (κ1) is 12.9. The molecule has 1 aliphatic heterocycles. The molecule has 2 aromatic carbocycles. The molecule has 2 heteroatoms. The Morgan fingerprint density at radius 2 is 1.65 bits per heavy atom. The highest BCUT2D eigenvalue weighted by Crippen LogP contribution is 2.27. The highest BCUT2D eigenvalue weighted by molar-refractivity contribution is 5.75. The third-order valence-electron chi connectivity index (χ3n) is 3.74. The highest BCUT2D eigenvalue weighted by Gasteiger charge is 2.11. The van der Waals surface area contributed by atoms with Crippen molar-refractivity contribution >= 4 is 11.8 Å². The maximum Gasteiger partial charge on any atom is 0.0642 e.